The van der Waals surface area contributed by atoms with Crippen molar-refractivity contribution in [3.63, 3.8) is 0 Å². The summed E-state index contributed by atoms with van der Waals surface area (Å²) in [7, 11) is 4.16. The van der Waals surface area contributed by atoms with Gasteiger partial charge in [0.1, 0.15) is 12.7 Å². The van der Waals surface area contributed by atoms with Gasteiger partial charge in [-0.15, -0.1) is 0 Å². The number of para-hydroxylation sites is 2. The van der Waals surface area contributed by atoms with Crippen LogP contribution in [0.25, 0.3) is 10.9 Å². The molecule has 1 unspecified atom stereocenters. The Morgan fingerprint density at radius 3 is 2.48 bits per heavy atom. The molecule has 170 valence electrons. The molecule has 7 heteroatoms. The Bertz CT molecular complexity index is 1260. The summed E-state index contributed by atoms with van der Waals surface area (Å²) in [4.78, 5) is 35.3. The minimum Gasteiger partial charge on any atom is -0.349 e. The Morgan fingerprint density at radius 2 is 1.67 bits per heavy atom. The first-order valence-electron chi connectivity index (χ1n) is 11.7. The van der Waals surface area contributed by atoms with Crippen LogP contribution in [-0.4, -0.2) is 77.9 Å². The molecule has 2 amide bonds. The van der Waals surface area contributed by atoms with Gasteiger partial charge in [-0.1, -0.05) is 30.3 Å². The summed E-state index contributed by atoms with van der Waals surface area (Å²) in [6.07, 6.45) is 0.577. The van der Waals surface area contributed by atoms with Crippen molar-refractivity contribution in [1.29, 1.82) is 0 Å². The number of hydrogen-bond acceptors (Lipinski definition) is 4. The van der Waals surface area contributed by atoms with E-state index in [0.29, 0.717) is 13.1 Å². The first kappa shape index (κ1) is 20.3. The number of carbonyl (C=O) groups excluding carboxylic acids is 2. The SMILES string of the molecule is CN1CCN(C(=O)Cn2c3c(c4ccccc42)CCN2C(=O)c4ccccc4N(C)C32)CC1. The quantitative estimate of drug-likeness (QED) is 0.611. The van der Waals surface area contributed by atoms with Gasteiger partial charge in [0.15, 0.2) is 0 Å². The second-order valence-corrected chi connectivity index (χ2v) is 9.40. The van der Waals surface area contributed by atoms with Crippen molar-refractivity contribution in [3.05, 3.63) is 65.4 Å². The zero-order valence-electron chi connectivity index (χ0n) is 19.2. The van der Waals surface area contributed by atoms with Crippen LogP contribution in [0.1, 0.15) is 27.8 Å². The monoisotopic (exact) mass is 443 g/mol. The van der Waals surface area contributed by atoms with E-state index in [0.717, 1.165) is 55.1 Å². The maximum absolute atomic E-state index is 13.4. The van der Waals surface area contributed by atoms with Gasteiger partial charge >= 0.3 is 0 Å². The Kier molecular flexibility index (Phi) is 4.69. The van der Waals surface area contributed by atoms with Crippen molar-refractivity contribution in [2.75, 3.05) is 51.7 Å². The summed E-state index contributed by atoms with van der Waals surface area (Å²) >= 11 is 0. The molecule has 0 spiro atoms. The van der Waals surface area contributed by atoms with E-state index in [1.54, 1.807) is 0 Å². The fourth-order valence-corrected chi connectivity index (χ4v) is 5.77. The van der Waals surface area contributed by atoms with E-state index < -0.39 is 0 Å². The lowest BCUT2D eigenvalue weighted by Crippen LogP contribution is -2.52. The van der Waals surface area contributed by atoms with Crippen LogP contribution in [-0.2, 0) is 17.8 Å². The van der Waals surface area contributed by atoms with Crippen LogP contribution >= 0.6 is 0 Å². The molecule has 0 aliphatic carbocycles. The topological polar surface area (TPSA) is 52.0 Å². The molecule has 3 aliphatic heterocycles. The molecule has 4 heterocycles. The van der Waals surface area contributed by atoms with E-state index in [1.165, 1.54) is 10.9 Å². The number of benzene rings is 2. The fraction of sp³-hybridized carbons (Fsp3) is 0.385. The van der Waals surface area contributed by atoms with Crippen molar-refractivity contribution < 1.29 is 9.59 Å². The predicted molar refractivity (Wildman–Crippen MR) is 128 cm³/mol. The number of aromatic nitrogens is 1. The highest BCUT2D eigenvalue weighted by Gasteiger charge is 2.43. The maximum Gasteiger partial charge on any atom is 0.257 e. The van der Waals surface area contributed by atoms with Crippen molar-refractivity contribution >= 4 is 28.4 Å². The molecule has 1 atom stereocenters. The number of nitrogens with zero attached hydrogens (tertiary/aromatic N) is 5. The van der Waals surface area contributed by atoms with Gasteiger partial charge < -0.3 is 24.2 Å². The third kappa shape index (κ3) is 3.06. The molecule has 0 bridgehead atoms. The van der Waals surface area contributed by atoms with E-state index in [4.69, 9.17) is 0 Å². The lowest BCUT2D eigenvalue weighted by atomic mass is 9.96. The lowest BCUT2D eigenvalue weighted by molar-refractivity contribution is -0.133. The van der Waals surface area contributed by atoms with Crippen LogP contribution in [0.4, 0.5) is 5.69 Å². The molecule has 0 radical (unpaired) electrons. The zero-order valence-corrected chi connectivity index (χ0v) is 19.2. The molecule has 1 fully saturated rings. The molecule has 6 rings (SSSR count). The Hall–Kier alpha value is -3.32. The number of fused-ring (bicyclic) bond motifs is 6. The fourth-order valence-electron chi connectivity index (χ4n) is 5.77. The minimum atomic E-state index is -0.219. The van der Waals surface area contributed by atoms with Crippen LogP contribution < -0.4 is 4.90 Å². The smallest absolute Gasteiger partial charge is 0.257 e. The average molecular weight is 444 g/mol. The highest BCUT2D eigenvalue weighted by Crippen LogP contribution is 2.44. The van der Waals surface area contributed by atoms with Gasteiger partial charge in [0.25, 0.3) is 5.91 Å². The largest absolute Gasteiger partial charge is 0.349 e. The summed E-state index contributed by atoms with van der Waals surface area (Å²) in [5, 5.41) is 1.19. The van der Waals surface area contributed by atoms with Gasteiger partial charge in [0.2, 0.25) is 5.91 Å². The number of hydrogen-bond donors (Lipinski definition) is 0. The number of amides is 2. The number of likely N-dealkylation sites (N-methyl/N-ethyl adjacent to an activating group) is 1. The Labute approximate surface area is 193 Å². The average Bonchev–Trinajstić information content (AvgIpc) is 3.16. The molecule has 3 aliphatic rings. The summed E-state index contributed by atoms with van der Waals surface area (Å²) in [5.41, 5.74) is 5.11. The maximum atomic E-state index is 13.4. The zero-order chi connectivity index (χ0) is 22.7. The highest BCUT2D eigenvalue weighted by molar-refractivity contribution is 6.02. The van der Waals surface area contributed by atoms with Crippen molar-refractivity contribution in [3.8, 4) is 0 Å². The molecule has 1 saturated heterocycles. The third-order valence-corrected chi connectivity index (χ3v) is 7.55. The van der Waals surface area contributed by atoms with Gasteiger partial charge in [0, 0.05) is 50.7 Å². The molecule has 3 aromatic rings. The van der Waals surface area contributed by atoms with E-state index in [9.17, 15) is 9.59 Å². The molecule has 7 nitrogen and oxygen atoms in total. The van der Waals surface area contributed by atoms with Crippen LogP contribution in [0.5, 0.6) is 0 Å². The van der Waals surface area contributed by atoms with Crippen molar-refractivity contribution in [2.24, 2.45) is 0 Å². The van der Waals surface area contributed by atoms with Gasteiger partial charge in [-0.3, -0.25) is 9.59 Å². The molecule has 0 N–H and O–H groups in total. The van der Waals surface area contributed by atoms with Crippen molar-refractivity contribution in [2.45, 2.75) is 19.1 Å². The number of anilines is 1. The Balaban J connectivity index is 1.47. The van der Waals surface area contributed by atoms with Gasteiger partial charge in [-0.2, -0.15) is 0 Å². The molecule has 2 aromatic carbocycles. The normalized spacial score (nSPS) is 20.6. The van der Waals surface area contributed by atoms with Crippen LogP contribution in [0.2, 0.25) is 0 Å². The predicted octanol–water partition coefficient (Wildman–Crippen LogP) is 2.56. The second kappa shape index (κ2) is 7.63. The van der Waals surface area contributed by atoms with E-state index >= 15 is 0 Å². The Morgan fingerprint density at radius 1 is 0.939 bits per heavy atom. The van der Waals surface area contributed by atoms with Crippen LogP contribution in [0.15, 0.2) is 48.5 Å². The minimum absolute atomic E-state index is 0.0709. The second-order valence-electron chi connectivity index (χ2n) is 9.40. The van der Waals surface area contributed by atoms with E-state index in [2.05, 4.69) is 46.7 Å². The molecular formula is C26H29N5O2. The van der Waals surface area contributed by atoms with Gasteiger partial charge in [-0.05, 0) is 37.2 Å². The molecular weight excluding hydrogens is 414 g/mol. The molecule has 33 heavy (non-hydrogen) atoms. The standard InChI is InChI=1S/C26H29N5O2/c1-27-13-15-29(16-14-27)23(32)17-31-22-10-6-3-7-18(22)19-11-12-30-25(24(19)31)28(2)21-9-5-4-8-20(21)26(30)33/h3-10,25H,11-17H2,1-2H3. The van der Waals surface area contributed by atoms with Gasteiger partial charge in [0.05, 0.1) is 16.9 Å². The number of piperazine rings is 1. The summed E-state index contributed by atoms with van der Waals surface area (Å²) in [6.45, 7) is 4.31. The summed E-state index contributed by atoms with van der Waals surface area (Å²) < 4.78 is 2.18. The van der Waals surface area contributed by atoms with Crippen molar-refractivity contribution in [1.82, 2.24) is 19.3 Å². The third-order valence-electron chi connectivity index (χ3n) is 7.55. The number of rotatable bonds is 2. The number of carbonyl (C=O) groups is 2. The summed E-state index contributed by atoms with van der Waals surface area (Å²) in [6, 6.07) is 16.2. The highest BCUT2D eigenvalue weighted by atomic mass is 16.2. The first-order valence-corrected chi connectivity index (χ1v) is 11.7. The summed E-state index contributed by atoms with van der Waals surface area (Å²) in [5.74, 6) is 0.218. The van der Waals surface area contributed by atoms with E-state index in [1.807, 2.05) is 40.1 Å². The first-order chi connectivity index (χ1) is 16.0. The lowest BCUT2D eigenvalue weighted by Gasteiger charge is -2.46. The van der Waals surface area contributed by atoms with E-state index in [-0.39, 0.29) is 18.0 Å². The van der Waals surface area contributed by atoms with Crippen LogP contribution in [0.3, 0.4) is 0 Å². The molecule has 1 aromatic heterocycles. The molecule has 0 saturated carbocycles. The van der Waals surface area contributed by atoms with Crippen LogP contribution in [0, 0.1) is 0 Å². The van der Waals surface area contributed by atoms with Gasteiger partial charge in [-0.25, -0.2) is 0 Å².